The number of methoxy groups -OCH3 is 1. The summed E-state index contributed by atoms with van der Waals surface area (Å²) in [5.41, 5.74) is -0.179. The van der Waals surface area contributed by atoms with E-state index in [1.165, 1.54) is 4.90 Å². The van der Waals surface area contributed by atoms with Crippen molar-refractivity contribution in [2.45, 2.75) is 33.1 Å². The van der Waals surface area contributed by atoms with E-state index in [4.69, 9.17) is 4.74 Å². The van der Waals surface area contributed by atoms with Gasteiger partial charge in [0.05, 0.1) is 6.61 Å². The fourth-order valence-electron chi connectivity index (χ4n) is 2.12. The summed E-state index contributed by atoms with van der Waals surface area (Å²) in [6, 6.07) is 0. The number of amides is 2. The molecular weight excluding hydrogens is 232 g/mol. The highest BCUT2D eigenvalue weighted by molar-refractivity contribution is 5.98. The molecule has 0 aromatic rings. The Morgan fingerprint density at radius 2 is 1.83 bits per heavy atom. The number of ether oxygens (including phenoxy) is 1. The van der Waals surface area contributed by atoms with Gasteiger partial charge >= 0.3 is 0 Å². The van der Waals surface area contributed by atoms with Crippen molar-refractivity contribution in [2.24, 2.45) is 5.41 Å². The number of carbonyl (C=O) groups excluding carboxylic acids is 2. The van der Waals surface area contributed by atoms with Gasteiger partial charge < -0.3 is 10.1 Å². The highest BCUT2D eigenvalue weighted by Gasteiger charge is 2.36. The first-order chi connectivity index (χ1) is 8.46. The van der Waals surface area contributed by atoms with Crippen LogP contribution in [0.2, 0.25) is 0 Å². The minimum absolute atomic E-state index is 0.0341. The molecule has 104 valence electrons. The quantitative estimate of drug-likeness (QED) is 0.540. The normalized spacial score (nSPS) is 19.4. The number of hydrogen-bond donors (Lipinski definition) is 1. The Balaban J connectivity index is 2.26. The Morgan fingerprint density at radius 3 is 2.39 bits per heavy atom. The lowest BCUT2D eigenvalue weighted by Gasteiger charge is -2.34. The lowest BCUT2D eigenvalue weighted by molar-refractivity contribution is -0.152. The zero-order chi connectivity index (χ0) is 13.6. The summed E-state index contributed by atoms with van der Waals surface area (Å²) in [4.78, 5) is 25.1. The van der Waals surface area contributed by atoms with Crippen molar-refractivity contribution in [3.05, 3.63) is 0 Å². The van der Waals surface area contributed by atoms with E-state index in [-0.39, 0.29) is 17.2 Å². The molecule has 0 aromatic heterocycles. The van der Waals surface area contributed by atoms with Crippen LogP contribution in [-0.2, 0) is 14.3 Å². The van der Waals surface area contributed by atoms with Crippen LogP contribution in [0.25, 0.3) is 0 Å². The summed E-state index contributed by atoms with van der Waals surface area (Å²) in [5, 5.41) is 3.20. The second kappa shape index (κ2) is 6.85. The smallest absolute Gasteiger partial charge is 0.229 e. The minimum atomic E-state index is -0.179. The SMILES string of the molecule is COCCNCCCN1C(=O)CC(C)(C)CC1=O. The Labute approximate surface area is 109 Å². The Bertz CT molecular complexity index is 283. The van der Waals surface area contributed by atoms with Crippen LogP contribution in [0, 0.1) is 5.41 Å². The van der Waals surface area contributed by atoms with Crippen LogP contribution in [-0.4, -0.2) is 50.1 Å². The minimum Gasteiger partial charge on any atom is -0.383 e. The molecule has 0 aromatic carbocycles. The summed E-state index contributed by atoms with van der Waals surface area (Å²) in [7, 11) is 1.66. The van der Waals surface area contributed by atoms with Gasteiger partial charge in [0.15, 0.2) is 0 Å². The van der Waals surface area contributed by atoms with Crippen LogP contribution in [0.1, 0.15) is 33.1 Å². The number of piperidine rings is 1. The number of likely N-dealkylation sites (tertiary alicyclic amines) is 1. The van der Waals surface area contributed by atoms with E-state index < -0.39 is 0 Å². The molecule has 0 unspecified atom stereocenters. The third kappa shape index (κ3) is 4.74. The number of hydrogen-bond acceptors (Lipinski definition) is 4. The van der Waals surface area contributed by atoms with Gasteiger partial charge in [-0.3, -0.25) is 14.5 Å². The highest BCUT2D eigenvalue weighted by Crippen LogP contribution is 2.31. The molecule has 1 aliphatic rings. The van der Waals surface area contributed by atoms with Crippen LogP contribution >= 0.6 is 0 Å². The van der Waals surface area contributed by atoms with Gasteiger partial charge in [0.2, 0.25) is 11.8 Å². The first-order valence-electron chi connectivity index (χ1n) is 6.49. The van der Waals surface area contributed by atoms with Crippen LogP contribution in [0.5, 0.6) is 0 Å². The fourth-order valence-corrected chi connectivity index (χ4v) is 2.12. The maximum atomic E-state index is 11.9. The fraction of sp³-hybridized carbons (Fsp3) is 0.846. The molecule has 5 nitrogen and oxygen atoms in total. The first-order valence-corrected chi connectivity index (χ1v) is 6.49. The average Bonchev–Trinajstić information content (AvgIpc) is 2.24. The number of nitrogens with one attached hydrogen (secondary N) is 1. The first kappa shape index (κ1) is 15.1. The van der Waals surface area contributed by atoms with Gasteiger partial charge in [-0.1, -0.05) is 13.8 Å². The summed E-state index contributed by atoms with van der Waals surface area (Å²) in [6.07, 6.45) is 1.73. The standard InChI is InChI=1S/C13H24N2O3/c1-13(2)9-11(16)15(12(17)10-13)7-4-5-14-6-8-18-3/h14H,4-10H2,1-3H3. The van der Waals surface area contributed by atoms with E-state index in [0.717, 1.165) is 19.5 Å². The number of carbonyl (C=O) groups is 2. The number of nitrogens with zero attached hydrogens (tertiary/aromatic N) is 1. The molecule has 2 amide bonds. The third-order valence-electron chi connectivity index (χ3n) is 3.08. The number of rotatable bonds is 7. The second-order valence-corrected chi connectivity index (χ2v) is 5.55. The van der Waals surface area contributed by atoms with Crippen LogP contribution in [0.3, 0.4) is 0 Å². The lowest BCUT2D eigenvalue weighted by atomic mass is 9.82. The van der Waals surface area contributed by atoms with E-state index in [1.54, 1.807) is 7.11 Å². The van der Waals surface area contributed by atoms with E-state index in [0.29, 0.717) is 26.0 Å². The summed E-state index contributed by atoms with van der Waals surface area (Å²) in [6.45, 7) is 6.72. The summed E-state index contributed by atoms with van der Waals surface area (Å²) in [5.74, 6) is -0.0683. The van der Waals surface area contributed by atoms with Gasteiger partial charge in [0, 0.05) is 33.0 Å². The Hall–Kier alpha value is -0.940. The molecule has 1 N–H and O–H groups in total. The molecule has 1 aliphatic heterocycles. The maximum absolute atomic E-state index is 11.9. The van der Waals surface area contributed by atoms with E-state index >= 15 is 0 Å². The monoisotopic (exact) mass is 256 g/mol. The van der Waals surface area contributed by atoms with Crippen LogP contribution in [0.15, 0.2) is 0 Å². The molecule has 0 spiro atoms. The summed E-state index contributed by atoms with van der Waals surface area (Å²) < 4.78 is 4.91. The molecule has 0 bridgehead atoms. The van der Waals surface area contributed by atoms with Gasteiger partial charge in [0.25, 0.3) is 0 Å². The van der Waals surface area contributed by atoms with Crippen molar-refractivity contribution in [2.75, 3.05) is 33.4 Å². The molecule has 18 heavy (non-hydrogen) atoms. The molecule has 0 aliphatic carbocycles. The molecular formula is C13H24N2O3. The zero-order valence-corrected chi connectivity index (χ0v) is 11.6. The summed E-state index contributed by atoms with van der Waals surface area (Å²) >= 11 is 0. The van der Waals surface area contributed by atoms with Crippen molar-refractivity contribution in [1.82, 2.24) is 10.2 Å². The molecule has 1 fully saturated rings. The topological polar surface area (TPSA) is 58.6 Å². The average molecular weight is 256 g/mol. The molecule has 1 heterocycles. The Kier molecular flexibility index (Phi) is 5.75. The maximum Gasteiger partial charge on any atom is 0.229 e. The van der Waals surface area contributed by atoms with E-state index in [9.17, 15) is 9.59 Å². The third-order valence-corrected chi connectivity index (χ3v) is 3.08. The van der Waals surface area contributed by atoms with Gasteiger partial charge in [-0.05, 0) is 18.4 Å². The van der Waals surface area contributed by atoms with Crippen molar-refractivity contribution in [3.63, 3.8) is 0 Å². The van der Waals surface area contributed by atoms with Crippen molar-refractivity contribution < 1.29 is 14.3 Å². The molecule has 1 rings (SSSR count). The molecule has 0 atom stereocenters. The Morgan fingerprint density at radius 1 is 1.22 bits per heavy atom. The predicted molar refractivity (Wildman–Crippen MR) is 69.1 cm³/mol. The van der Waals surface area contributed by atoms with E-state index in [1.807, 2.05) is 13.8 Å². The number of imide groups is 1. The van der Waals surface area contributed by atoms with Crippen LogP contribution in [0.4, 0.5) is 0 Å². The zero-order valence-electron chi connectivity index (χ0n) is 11.6. The van der Waals surface area contributed by atoms with Gasteiger partial charge in [-0.2, -0.15) is 0 Å². The van der Waals surface area contributed by atoms with Gasteiger partial charge in [0.1, 0.15) is 0 Å². The van der Waals surface area contributed by atoms with Crippen molar-refractivity contribution >= 4 is 11.8 Å². The van der Waals surface area contributed by atoms with Gasteiger partial charge in [-0.25, -0.2) is 0 Å². The molecule has 1 saturated heterocycles. The highest BCUT2D eigenvalue weighted by atomic mass is 16.5. The lowest BCUT2D eigenvalue weighted by Crippen LogP contribution is -2.46. The molecule has 0 saturated carbocycles. The molecule has 5 heteroatoms. The van der Waals surface area contributed by atoms with Gasteiger partial charge in [-0.15, -0.1) is 0 Å². The molecule has 0 radical (unpaired) electrons. The largest absolute Gasteiger partial charge is 0.383 e. The van der Waals surface area contributed by atoms with Crippen LogP contribution < -0.4 is 5.32 Å². The van der Waals surface area contributed by atoms with E-state index in [2.05, 4.69) is 5.32 Å². The van der Waals surface area contributed by atoms with Crippen molar-refractivity contribution in [1.29, 1.82) is 0 Å². The predicted octanol–water partition coefficient (Wildman–Crippen LogP) is 0.788. The van der Waals surface area contributed by atoms with Crippen molar-refractivity contribution in [3.8, 4) is 0 Å². The second-order valence-electron chi connectivity index (χ2n) is 5.55.